The lowest BCUT2D eigenvalue weighted by Gasteiger charge is -2.18. The van der Waals surface area contributed by atoms with Gasteiger partial charge in [0.25, 0.3) is 0 Å². The number of hydrogen-bond acceptors (Lipinski definition) is 3. The van der Waals surface area contributed by atoms with Gasteiger partial charge in [0.05, 0.1) is 5.92 Å². The summed E-state index contributed by atoms with van der Waals surface area (Å²) in [4.78, 5) is 25.9. The van der Waals surface area contributed by atoms with Crippen molar-refractivity contribution >= 4 is 23.6 Å². The van der Waals surface area contributed by atoms with Gasteiger partial charge in [0.1, 0.15) is 0 Å². The van der Waals surface area contributed by atoms with Crippen molar-refractivity contribution in [2.75, 3.05) is 25.4 Å². The molecule has 2 rings (SSSR count). The number of thioether (sulfide) groups is 1. The lowest BCUT2D eigenvalue weighted by atomic mass is 10.1. The van der Waals surface area contributed by atoms with Crippen LogP contribution in [0.3, 0.4) is 0 Å². The zero-order chi connectivity index (χ0) is 17.5. The maximum absolute atomic E-state index is 12.2. The van der Waals surface area contributed by atoms with Crippen LogP contribution in [0.5, 0.6) is 0 Å². The van der Waals surface area contributed by atoms with Crippen molar-refractivity contribution in [1.29, 1.82) is 0 Å². The summed E-state index contributed by atoms with van der Waals surface area (Å²) in [5, 5.41) is 2.98. The molecule has 4 nitrogen and oxygen atoms in total. The SMILES string of the molecule is Cc1ccc(CSCCNC(=O)[C@H]2CC(=O)N(CC(C)C)C2)cc1. The number of likely N-dealkylation sites (tertiary alicyclic amines) is 1. The number of nitrogens with one attached hydrogen (secondary N) is 1. The van der Waals surface area contributed by atoms with Crippen molar-refractivity contribution in [3.8, 4) is 0 Å². The van der Waals surface area contributed by atoms with Crippen molar-refractivity contribution in [2.45, 2.75) is 32.9 Å². The first-order valence-corrected chi connectivity index (χ1v) is 9.80. The van der Waals surface area contributed by atoms with E-state index in [1.54, 1.807) is 0 Å². The molecule has 132 valence electrons. The molecule has 24 heavy (non-hydrogen) atoms. The predicted molar refractivity (Wildman–Crippen MR) is 99.9 cm³/mol. The van der Waals surface area contributed by atoms with Gasteiger partial charge in [-0.3, -0.25) is 9.59 Å². The van der Waals surface area contributed by atoms with Gasteiger partial charge in [-0.25, -0.2) is 0 Å². The van der Waals surface area contributed by atoms with E-state index in [-0.39, 0.29) is 17.7 Å². The van der Waals surface area contributed by atoms with Gasteiger partial charge in [-0.15, -0.1) is 0 Å². The van der Waals surface area contributed by atoms with Crippen LogP contribution in [0.2, 0.25) is 0 Å². The molecule has 1 aliphatic rings. The highest BCUT2D eigenvalue weighted by atomic mass is 32.2. The normalized spacial score (nSPS) is 17.6. The zero-order valence-corrected chi connectivity index (χ0v) is 15.7. The molecule has 1 saturated heterocycles. The molecule has 0 saturated carbocycles. The van der Waals surface area contributed by atoms with Crippen LogP contribution in [0.4, 0.5) is 0 Å². The fourth-order valence-electron chi connectivity index (χ4n) is 2.83. The molecule has 1 N–H and O–H groups in total. The average molecular weight is 349 g/mol. The molecule has 1 aliphatic heterocycles. The Labute approximate surface area is 149 Å². The third-order valence-electron chi connectivity index (χ3n) is 4.11. The molecule has 0 bridgehead atoms. The molecule has 1 atom stereocenters. The number of benzene rings is 1. The minimum Gasteiger partial charge on any atom is -0.355 e. The minimum atomic E-state index is -0.182. The fourth-order valence-corrected chi connectivity index (χ4v) is 3.65. The second-order valence-electron chi connectivity index (χ2n) is 6.92. The topological polar surface area (TPSA) is 49.4 Å². The summed E-state index contributed by atoms with van der Waals surface area (Å²) in [5.74, 6) is 2.23. The Morgan fingerprint density at radius 2 is 2.04 bits per heavy atom. The number of amides is 2. The molecule has 1 heterocycles. The molecule has 0 aliphatic carbocycles. The van der Waals surface area contributed by atoms with Crippen LogP contribution < -0.4 is 5.32 Å². The maximum atomic E-state index is 12.2. The zero-order valence-electron chi connectivity index (χ0n) is 14.9. The third-order valence-corrected chi connectivity index (χ3v) is 5.14. The van der Waals surface area contributed by atoms with Gasteiger partial charge in [0.15, 0.2) is 0 Å². The quantitative estimate of drug-likeness (QED) is 0.735. The third kappa shape index (κ3) is 5.86. The van der Waals surface area contributed by atoms with Gasteiger partial charge < -0.3 is 10.2 Å². The van der Waals surface area contributed by atoms with Crippen molar-refractivity contribution in [3.05, 3.63) is 35.4 Å². The number of carbonyl (C=O) groups excluding carboxylic acids is 2. The lowest BCUT2D eigenvalue weighted by Crippen LogP contribution is -2.35. The van der Waals surface area contributed by atoms with Crippen molar-refractivity contribution < 1.29 is 9.59 Å². The number of nitrogens with zero attached hydrogens (tertiary/aromatic N) is 1. The van der Waals surface area contributed by atoms with Crippen LogP contribution in [0.15, 0.2) is 24.3 Å². The monoisotopic (exact) mass is 348 g/mol. The highest BCUT2D eigenvalue weighted by molar-refractivity contribution is 7.98. The fraction of sp³-hybridized carbons (Fsp3) is 0.579. The summed E-state index contributed by atoms with van der Waals surface area (Å²) in [7, 11) is 0. The standard InChI is InChI=1S/C19H28N2O2S/c1-14(2)11-21-12-17(10-18(21)22)19(23)20-8-9-24-13-16-6-4-15(3)5-7-16/h4-7,14,17H,8-13H2,1-3H3,(H,20,23)/t17-/m0/s1. The lowest BCUT2D eigenvalue weighted by molar-refractivity contribution is -0.129. The second-order valence-corrected chi connectivity index (χ2v) is 8.03. The van der Waals surface area contributed by atoms with Gasteiger partial charge in [-0.05, 0) is 18.4 Å². The summed E-state index contributed by atoms with van der Waals surface area (Å²) in [5.41, 5.74) is 2.58. The largest absolute Gasteiger partial charge is 0.355 e. The first-order valence-electron chi connectivity index (χ1n) is 8.64. The van der Waals surface area contributed by atoms with Crippen LogP contribution in [0.25, 0.3) is 0 Å². The van der Waals surface area contributed by atoms with Crippen LogP contribution in [-0.4, -0.2) is 42.1 Å². The van der Waals surface area contributed by atoms with Crippen LogP contribution in [0, 0.1) is 18.8 Å². The Kier molecular flexibility index (Phi) is 7.16. The van der Waals surface area contributed by atoms with E-state index in [0.29, 0.717) is 25.4 Å². The van der Waals surface area contributed by atoms with Crippen LogP contribution in [-0.2, 0) is 15.3 Å². The maximum Gasteiger partial charge on any atom is 0.225 e. The van der Waals surface area contributed by atoms with E-state index in [9.17, 15) is 9.59 Å². The van der Waals surface area contributed by atoms with Crippen LogP contribution in [0.1, 0.15) is 31.4 Å². The molecule has 0 radical (unpaired) electrons. The molecule has 1 aromatic carbocycles. The van der Waals surface area contributed by atoms with E-state index in [0.717, 1.165) is 18.1 Å². The van der Waals surface area contributed by atoms with Gasteiger partial charge >= 0.3 is 0 Å². The number of hydrogen-bond donors (Lipinski definition) is 1. The Balaban J connectivity index is 1.63. The number of aryl methyl sites for hydroxylation is 1. The minimum absolute atomic E-state index is 0.0190. The molecule has 5 heteroatoms. The van der Waals surface area contributed by atoms with E-state index < -0.39 is 0 Å². The van der Waals surface area contributed by atoms with Gasteiger partial charge in [-0.2, -0.15) is 11.8 Å². The highest BCUT2D eigenvalue weighted by Crippen LogP contribution is 2.19. The molecule has 1 aromatic rings. The summed E-state index contributed by atoms with van der Waals surface area (Å²) in [6.45, 7) is 8.24. The Morgan fingerprint density at radius 3 is 2.71 bits per heavy atom. The smallest absolute Gasteiger partial charge is 0.225 e. The van der Waals surface area contributed by atoms with Gasteiger partial charge in [0, 0.05) is 37.6 Å². The number of carbonyl (C=O) groups is 2. The molecular weight excluding hydrogens is 320 g/mol. The van der Waals surface area contributed by atoms with Gasteiger partial charge in [-0.1, -0.05) is 43.7 Å². The van der Waals surface area contributed by atoms with Crippen LogP contribution >= 0.6 is 11.8 Å². The average Bonchev–Trinajstić information content (AvgIpc) is 2.89. The first-order chi connectivity index (χ1) is 11.5. The van der Waals surface area contributed by atoms with Crippen molar-refractivity contribution in [2.24, 2.45) is 11.8 Å². The summed E-state index contributed by atoms with van der Waals surface area (Å²) in [6, 6.07) is 8.54. The van der Waals surface area contributed by atoms with E-state index in [1.165, 1.54) is 11.1 Å². The first kappa shape index (κ1) is 18.8. The predicted octanol–water partition coefficient (Wildman–Crippen LogP) is 2.85. The highest BCUT2D eigenvalue weighted by Gasteiger charge is 2.34. The van der Waals surface area contributed by atoms with Crippen molar-refractivity contribution in [3.63, 3.8) is 0 Å². The van der Waals surface area contributed by atoms with E-state index >= 15 is 0 Å². The summed E-state index contributed by atoms with van der Waals surface area (Å²) < 4.78 is 0. The Morgan fingerprint density at radius 1 is 1.33 bits per heavy atom. The number of rotatable bonds is 8. The molecule has 0 spiro atoms. The van der Waals surface area contributed by atoms with E-state index in [2.05, 4.69) is 50.4 Å². The van der Waals surface area contributed by atoms with E-state index in [4.69, 9.17) is 0 Å². The molecular formula is C19H28N2O2S. The molecule has 1 fully saturated rings. The van der Waals surface area contributed by atoms with Crippen molar-refractivity contribution in [1.82, 2.24) is 10.2 Å². The molecule has 2 amide bonds. The molecule has 0 aromatic heterocycles. The Bertz CT molecular complexity index is 557. The van der Waals surface area contributed by atoms with Gasteiger partial charge in [0.2, 0.25) is 11.8 Å². The second kappa shape index (κ2) is 9.11. The molecule has 0 unspecified atom stereocenters. The summed E-state index contributed by atoms with van der Waals surface area (Å²) in [6.07, 6.45) is 0.356. The Hall–Kier alpha value is -1.49. The summed E-state index contributed by atoms with van der Waals surface area (Å²) >= 11 is 1.81. The van der Waals surface area contributed by atoms with E-state index in [1.807, 2.05) is 16.7 Å².